The normalized spacial score (nSPS) is 13.5. The molecule has 0 amide bonds. The summed E-state index contributed by atoms with van der Waals surface area (Å²) in [6.07, 6.45) is -7.16. The third-order valence-corrected chi connectivity index (χ3v) is 10.5. The lowest BCUT2D eigenvalue weighted by Gasteiger charge is -2.34. The van der Waals surface area contributed by atoms with Crippen molar-refractivity contribution in [3.05, 3.63) is 115 Å². The van der Waals surface area contributed by atoms with Crippen molar-refractivity contribution in [1.29, 1.82) is 0 Å². The maximum atomic E-state index is 12.2. The molecule has 0 fully saturated rings. The molecule has 0 atom stereocenters. The first kappa shape index (κ1) is 37.1. The van der Waals surface area contributed by atoms with E-state index in [9.17, 15) is 52.5 Å². The van der Waals surface area contributed by atoms with Crippen LogP contribution < -0.4 is 0 Å². The number of alkyl halides is 9. The fourth-order valence-electron chi connectivity index (χ4n) is 4.73. The van der Waals surface area contributed by atoms with Gasteiger partial charge in [0.05, 0.1) is 0 Å². The summed E-state index contributed by atoms with van der Waals surface area (Å²) in [4.78, 5) is 4.14. The zero-order valence-corrected chi connectivity index (χ0v) is 27.0. The second kappa shape index (κ2) is 12.9. The van der Waals surface area contributed by atoms with E-state index >= 15 is 0 Å². The van der Waals surface area contributed by atoms with Crippen molar-refractivity contribution in [2.24, 2.45) is 0 Å². The van der Waals surface area contributed by atoms with E-state index < -0.39 is 33.4 Å². The predicted molar refractivity (Wildman–Crippen MR) is 166 cm³/mol. The highest BCUT2D eigenvalue weighted by atomic mass is 32.2. The van der Waals surface area contributed by atoms with Gasteiger partial charge in [0.15, 0.2) is 24.8 Å². The Bertz CT molecular complexity index is 1930. The number of benzene rings is 5. The molecule has 0 aliphatic carbocycles. The van der Waals surface area contributed by atoms with Gasteiger partial charge in [-0.15, -0.1) is 0 Å². The molecule has 0 heterocycles. The topological polar surface area (TPSA) is 57.2 Å². The molecule has 0 N–H and O–H groups in total. The molecule has 48 heavy (non-hydrogen) atoms. The van der Waals surface area contributed by atoms with E-state index in [1.165, 1.54) is 41.8 Å². The maximum Gasteiger partial charge on any atom is 0.460 e. The van der Waals surface area contributed by atoms with Gasteiger partial charge in [-0.05, 0) is 58.1 Å². The standard InChI is InChI=1S/C30H27S.C4HF9O3S/c1-30(2,3)24-18-20-25(21-19-24)31(28-16-8-12-22-10-4-6-14-26(22)28)29-17-9-13-23-11-5-7-15-27(23)29;5-1(6,3(9,10)11)2(7,8)4(12,13)17(14,15)16/h4-21H,1-3H3;(H,14,15,16)/q+1;/p-1. The highest BCUT2D eigenvalue weighted by molar-refractivity contribution is 7.97. The largest absolute Gasteiger partial charge is 0.743 e. The van der Waals surface area contributed by atoms with Crippen molar-refractivity contribution < 1.29 is 52.5 Å². The number of halogens is 9. The zero-order valence-electron chi connectivity index (χ0n) is 25.3. The summed E-state index contributed by atoms with van der Waals surface area (Å²) in [5.41, 5.74) is 1.52. The van der Waals surface area contributed by atoms with E-state index in [1.54, 1.807) is 0 Å². The molecule has 3 nitrogen and oxygen atoms in total. The summed E-state index contributed by atoms with van der Waals surface area (Å²) in [5, 5.41) is -1.85. The monoisotopic (exact) mass is 718 g/mol. The van der Waals surface area contributed by atoms with Crippen LogP contribution in [0.1, 0.15) is 26.3 Å². The highest BCUT2D eigenvalue weighted by Crippen LogP contribution is 2.54. The third kappa shape index (κ3) is 6.88. The van der Waals surface area contributed by atoms with Gasteiger partial charge >= 0.3 is 23.3 Å². The Morgan fingerprint density at radius 3 is 1.31 bits per heavy atom. The molecular formula is C34H27F9O3S2. The fraction of sp³-hybridized carbons (Fsp3) is 0.235. The van der Waals surface area contributed by atoms with Crippen LogP contribution in [0.15, 0.2) is 124 Å². The van der Waals surface area contributed by atoms with Crippen LogP contribution in [0.3, 0.4) is 0 Å². The summed E-state index contributed by atoms with van der Waals surface area (Å²) >= 11 is 0. The molecule has 14 heteroatoms. The van der Waals surface area contributed by atoms with E-state index in [0.29, 0.717) is 0 Å². The van der Waals surface area contributed by atoms with E-state index in [1.807, 2.05) is 0 Å². The van der Waals surface area contributed by atoms with Gasteiger partial charge in [-0.3, -0.25) is 0 Å². The Balaban J connectivity index is 0.000000263. The summed E-state index contributed by atoms with van der Waals surface area (Å²) in [6, 6.07) is 40.3. The maximum absolute atomic E-state index is 12.2. The Labute approximate surface area is 273 Å². The lowest BCUT2D eigenvalue weighted by molar-refractivity contribution is -0.382. The molecule has 0 aliphatic rings. The quantitative estimate of drug-likeness (QED) is 0.0998. The molecule has 5 rings (SSSR count). The van der Waals surface area contributed by atoms with E-state index in [-0.39, 0.29) is 16.3 Å². The molecule has 0 aromatic heterocycles. The van der Waals surface area contributed by atoms with Crippen molar-refractivity contribution >= 4 is 42.6 Å². The van der Waals surface area contributed by atoms with Gasteiger partial charge in [-0.1, -0.05) is 93.6 Å². The highest BCUT2D eigenvalue weighted by Gasteiger charge is 2.83. The summed E-state index contributed by atoms with van der Waals surface area (Å²) < 4.78 is 135. The molecule has 5 aromatic rings. The minimum Gasteiger partial charge on any atom is -0.743 e. The van der Waals surface area contributed by atoms with Gasteiger partial charge in [0, 0.05) is 10.8 Å². The van der Waals surface area contributed by atoms with Gasteiger partial charge < -0.3 is 4.55 Å². The fourth-order valence-corrected chi connectivity index (χ4v) is 7.56. The first-order valence-electron chi connectivity index (χ1n) is 14.0. The molecule has 0 radical (unpaired) electrons. The van der Waals surface area contributed by atoms with Gasteiger partial charge in [-0.25, -0.2) is 8.42 Å². The van der Waals surface area contributed by atoms with Gasteiger partial charge in [0.25, 0.3) is 0 Å². The Hall–Kier alpha value is -3.75. The van der Waals surface area contributed by atoms with Crippen LogP contribution in [-0.2, 0) is 26.4 Å². The number of fused-ring (bicyclic) bond motifs is 2. The zero-order chi connectivity index (χ0) is 35.9. The average Bonchev–Trinajstić information content (AvgIpc) is 3.00. The SMILES string of the molecule is CC(C)(C)c1ccc([S+](c2cccc3ccccc23)c2cccc3ccccc23)cc1.O=S(=O)([O-])C(F)(F)C(F)(F)C(F)(F)C(F)(F)F. The van der Waals surface area contributed by atoms with E-state index in [0.717, 1.165) is 0 Å². The summed E-state index contributed by atoms with van der Waals surface area (Å²) in [5.74, 6) is -14.8. The van der Waals surface area contributed by atoms with Crippen LogP contribution in [0.2, 0.25) is 0 Å². The lowest BCUT2D eigenvalue weighted by atomic mass is 9.87. The van der Waals surface area contributed by atoms with Gasteiger partial charge in [0.1, 0.15) is 10.9 Å². The lowest BCUT2D eigenvalue weighted by Crippen LogP contribution is -2.63. The molecule has 256 valence electrons. The van der Waals surface area contributed by atoms with Crippen molar-refractivity contribution in [3.63, 3.8) is 0 Å². The van der Waals surface area contributed by atoms with Crippen LogP contribution in [0.5, 0.6) is 0 Å². The molecule has 5 aromatic carbocycles. The molecule has 0 unspecified atom stereocenters. The predicted octanol–water partition coefficient (Wildman–Crippen LogP) is 10.3. The van der Waals surface area contributed by atoms with Crippen LogP contribution in [-0.4, -0.2) is 36.2 Å². The Morgan fingerprint density at radius 2 is 0.938 bits per heavy atom. The minimum atomic E-state index is -7.43. The Morgan fingerprint density at radius 1 is 0.542 bits per heavy atom. The van der Waals surface area contributed by atoms with Crippen LogP contribution in [0.25, 0.3) is 21.5 Å². The summed E-state index contributed by atoms with van der Waals surface area (Å²) in [7, 11) is -7.62. The first-order chi connectivity index (χ1) is 22.0. The molecule has 0 saturated heterocycles. The molecule has 0 saturated carbocycles. The van der Waals surface area contributed by atoms with Crippen molar-refractivity contribution in [1.82, 2.24) is 0 Å². The minimum absolute atomic E-state index is 0.149. The molecule has 0 aliphatic heterocycles. The molecule has 0 spiro atoms. The number of hydrogen-bond donors (Lipinski definition) is 0. The van der Waals surface area contributed by atoms with E-state index in [4.69, 9.17) is 0 Å². The van der Waals surface area contributed by atoms with Crippen LogP contribution >= 0.6 is 0 Å². The van der Waals surface area contributed by atoms with Crippen LogP contribution in [0.4, 0.5) is 39.5 Å². The van der Waals surface area contributed by atoms with Gasteiger partial charge in [-0.2, -0.15) is 39.5 Å². The van der Waals surface area contributed by atoms with Crippen molar-refractivity contribution in [2.75, 3.05) is 0 Å². The van der Waals surface area contributed by atoms with Crippen molar-refractivity contribution in [3.8, 4) is 0 Å². The smallest absolute Gasteiger partial charge is 0.460 e. The van der Waals surface area contributed by atoms with Crippen LogP contribution in [0, 0.1) is 0 Å². The second-order valence-electron chi connectivity index (χ2n) is 11.7. The first-order valence-corrected chi connectivity index (χ1v) is 16.6. The van der Waals surface area contributed by atoms with E-state index in [2.05, 4.69) is 130 Å². The third-order valence-electron chi connectivity index (χ3n) is 7.33. The van der Waals surface area contributed by atoms with Gasteiger partial charge in [0.2, 0.25) is 0 Å². The number of rotatable bonds is 6. The Kier molecular flexibility index (Phi) is 9.99. The summed E-state index contributed by atoms with van der Waals surface area (Å²) in [6.45, 7) is 6.82. The number of hydrogen-bond acceptors (Lipinski definition) is 3. The molecular weight excluding hydrogens is 691 g/mol. The average molecular weight is 719 g/mol. The van der Waals surface area contributed by atoms with Crippen molar-refractivity contribution in [2.45, 2.75) is 64.1 Å². The molecule has 0 bridgehead atoms. The second-order valence-corrected chi connectivity index (χ2v) is 15.0.